The maximum absolute atomic E-state index is 11.2. The zero-order chi connectivity index (χ0) is 12.2. The van der Waals surface area contributed by atoms with E-state index in [9.17, 15) is 8.42 Å². The molecule has 3 nitrogen and oxygen atoms in total. The summed E-state index contributed by atoms with van der Waals surface area (Å²) in [5.41, 5.74) is 0. The summed E-state index contributed by atoms with van der Waals surface area (Å²) in [5, 5.41) is 3.14. The maximum atomic E-state index is 11.2. The Morgan fingerprint density at radius 2 is 2.19 bits per heavy atom. The number of rotatable bonds is 6. The third kappa shape index (κ3) is 4.53. The highest BCUT2D eigenvalue weighted by Crippen LogP contribution is 2.25. The molecule has 0 amide bonds. The van der Waals surface area contributed by atoms with Crippen LogP contribution >= 0.6 is 27.3 Å². The Kier molecular flexibility index (Phi) is 5.43. The van der Waals surface area contributed by atoms with Gasteiger partial charge in [0, 0.05) is 33.1 Å². The van der Waals surface area contributed by atoms with E-state index in [4.69, 9.17) is 0 Å². The molecule has 0 atom stereocenters. The van der Waals surface area contributed by atoms with Gasteiger partial charge in [0.15, 0.2) is 9.84 Å². The van der Waals surface area contributed by atoms with E-state index in [2.05, 4.69) is 34.2 Å². The van der Waals surface area contributed by atoms with Crippen molar-refractivity contribution in [3.8, 4) is 0 Å². The van der Waals surface area contributed by atoms with Crippen molar-refractivity contribution >= 4 is 37.1 Å². The Bertz CT molecular complexity index is 420. The minimum atomic E-state index is -2.85. The molecule has 0 fully saturated rings. The van der Waals surface area contributed by atoms with Gasteiger partial charge in [-0.05, 0) is 28.9 Å². The van der Waals surface area contributed by atoms with Crippen LogP contribution in [-0.2, 0) is 16.4 Å². The van der Waals surface area contributed by atoms with E-state index in [1.54, 1.807) is 18.3 Å². The molecule has 0 aliphatic carbocycles. The SMILES string of the molecule is CCS(=O)(=O)CCNCc1cc(Br)c(C)s1. The monoisotopic (exact) mass is 325 g/mol. The van der Waals surface area contributed by atoms with Gasteiger partial charge in [-0.2, -0.15) is 0 Å². The number of sulfone groups is 1. The normalized spacial score (nSPS) is 11.9. The van der Waals surface area contributed by atoms with Crippen molar-refractivity contribution in [3.63, 3.8) is 0 Å². The molecule has 1 aromatic rings. The van der Waals surface area contributed by atoms with Crippen LogP contribution in [-0.4, -0.2) is 26.5 Å². The van der Waals surface area contributed by atoms with Crippen molar-refractivity contribution in [1.82, 2.24) is 5.32 Å². The summed E-state index contributed by atoms with van der Waals surface area (Å²) < 4.78 is 23.6. The fourth-order valence-corrected chi connectivity index (χ4v) is 3.50. The number of aryl methyl sites for hydroxylation is 1. The maximum Gasteiger partial charge on any atom is 0.151 e. The Hall–Kier alpha value is 0.0900. The molecular weight excluding hydrogens is 310 g/mol. The Morgan fingerprint density at radius 3 is 2.69 bits per heavy atom. The molecule has 0 saturated heterocycles. The number of halogens is 1. The Labute approximate surface area is 109 Å². The summed E-state index contributed by atoms with van der Waals surface area (Å²) in [6, 6.07) is 2.07. The molecule has 6 heteroatoms. The van der Waals surface area contributed by atoms with Crippen LogP contribution in [0.3, 0.4) is 0 Å². The van der Waals surface area contributed by atoms with Gasteiger partial charge in [0.25, 0.3) is 0 Å². The van der Waals surface area contributed by atoms with E-state index < -0.39 is 9.84 Å². The molecule has 1 N–H and O–H groups in total. The largest absolute Gasteiger partial charge is 0.311 e. The molecule has 0 aromatic carbocycles. The standard InChI is InChI=1S/C10H16BrNO2S2/c1-3-16(13,14)5-4-12-7-9-6-10(11)8(2)15-9/h6,12H,3-5,7H2,1-2H3. The highest BCUT2D eigenvalue weighted by molar-refractivity contribution is 9.10. The molecule has 0 radical (unpaired) electrons. The lowest BCUT2D eigenvalue weighted by Crippen LogP contribution is -2.23. The lowest BCUT2D eigenvalue weighted by molar-refractivity contribution is 0.592. The first kappa shape index (κ1) is 14.2. The summed E-state index contributed by atoms with van der Waals surface area (Å²) in [6.45, 7) is 4.98. The van der Waals surface area contributed by atoms with Gasteiger partial charge in [0.05, 0.1) is 5.75 Å². The molecular formula is C10H16BrNO2S2. The minimum Gasteiger partial charge on any atom is -0.311 e. The summed E-state index contributed by atoms with van der Waals surface area (Å²) >= 11 is 5.17. The lowest BCUT2D eigenvalue weighted by Gasteiger charge is -2.02. The van der Waals surface area contributed by atoms with Crippen molar-refractivity contribution in [2.45, 2.75) is 20.4 Å². The van der Waals surface area contributed by atoms with Crippen LogP contribution in [0.5, 0.6) is 0 Å². The predicted octanol–water partition coefficient (Wildman–Crippen LogP) is 2.34. The molecule has 0 saturated carbocycles. The quantitative estimate of drug-likeness (QED) is 0.816. The van der Waals surface area contributed by atoms with Crippen molar-refractivity contribution in [1.29, 1.82) is 0 Å². The average molecular weight is 326 g/mol. The van der Waals surface area contributed by atoms with E-state index in [-0.39, 0.29) is 11.5 Å². The van der Waals surface area contributed by atoms with E-state index in [1.807, 2.05) is 0 Å². The van der Waals surface area contributed by atoms with Crippen LogP contribution in [0.4, 0.5) is 0 Å². The summed E-state index contributed by atoms with van der Waals surface area (Å²) in [7, 11) is -2.85. The second-order valence-corrected chi connectivity index (χ2v) is 8.20. The van der Waals surface area contributed by atoms with Gasteiger partial charge in [0.1, 0.15) is 0 Å². The second kappa shape index (κ2) is 6.14. The van der Waals surface area contributed by atoms with E-state index in [0.717, 1.165) is 11.0 Å². The van der Waals surface area contributed by atoms with E-state index >= 15 is 0 Å². The first-order valence-corrected chi connectivity index (χ1v) is 8.53. The van der Waals surface area contributed by atoms with Gasteiger partial charge in [-0.1, -0.05) is 6.92 Å². The van der Waals surface area contributed by atoms with Crippen molar-refractivity contribution < 1.29 is 8.42 Å². The van der Waals surface area contributed by atoms with Crippen LogP contribution in [0.1, 0.15) is 16.7 Å². The van der Waals surface area contributed by atoms with Crippen LogP contribution in [0.2, 0.25) is 0 Å². The van der Waals surface area contributed by atoms with Crippen molar-refractivity contribution in [2.75, 3.05) is 18.1 Å². The van der Waals surface area contributed by atoms with Crippen LogP contribution in [0, 0.1) is 6.92 Å². The highest BCUT2D eigenvalue weighted by Gasteiger charge is 2.07. The van der Waals surface area contributed by atoms with Crippen molar-refractivity contribution in [3.05, 3.63) is 20.3 Å². The van der Waals surface area contributed by atoms with Gasteiger partial charge in [0.2, 0.25) is 0 Å². The topological polar surface area (TPSA) is 46.2 Å². The van der Waals surface area contributed by atoms with Gasteiger partial charge < -0.3 is 5.32 Å². The van der Waals surface area contributed by atoms with Crippen LogP contribution in [0.25, 0.3) is 0 Å². The molecule has 1 rings (SSSR count). The summed E-state index contributed by atoms with van der Waals surface area (Å²) in [5.74, 6) is 0.438. The third-order valence-electron chi connectivity index (χ3n) is 2.24. The zero-order valence-corrected chi connectivity index (χ0v) is 12.6. The molecule has 0 unspecified atom stereocenters. The van der Waals surface area contributed by atoms with Crippen molar-refractivity contribution in [2.24, 2.45) is 0 Å². The lowest BCUT2D eigenvalue weighted by atomic mass is 10.4. The number of hydrogen-bond donors (Lipinski definition) is 1. The highest BCUT2D eigenvalue weighted by atomic mass is 79.9. The number of hydrogen-bond acceptors (Lipinski definition) is 4. The van der Waals surface area contributed by atoms with Gasteiger partial charge in [-0.3, -0.25) is 0 Å². The van der Waals surface area contributed by atoms with Crippen LogP contribution < -0.4 is 5.32 Å². The first-order valence-electron chi connectivity index (χ1n) is 5.10. The molecule has 16 heavy (non-hydrogen) atoms. The smallest absolute Gasteiger partial charge is 0.151 e. The first-order chi connectivity index (χ1) is 7.44. The molecule has 1 heterocycles. The number of thiophene rings is 1. The van der Waals surface area contributed by atoms with Gasteiger partial charge >= 0.3 is 0 Å². The number of nitrogens with one attached hydrogen (secondary N) is 1. The summed E-state index contributed by atoms with van der Waals surface area (Å²) in [6.07, 6.45) is 0. The molecule has 0 aliphatic heterocycles. The Balaban J connectivity index is 2.31. The van der Waals surface area contributed by atoms with E-state index in [0.29, 0.717) is 6.54 Å². The molecule has 0 bridgehead atoms. The minimum absolute atomic E-state index is 0.217. The fourth-order valence-electron chi connectivity index (χ4n) is 1.19. The molecule has 0 aliphatic rings. The van der Waals surface area contributed by atoms with E-state index in [1.165, 1.54) is 9.75 Å². The van der Waals surface area contributed by atoms with Gasteiger partial charge in [-0.25, -0.2) is 8.42 Å². The average Bonchev–Trinajstić information content (AvgIpc) is 2.54. The third-order valence-corrected chi connectivity index (χ3v) is 6.08. The van der Waals surface area contributed by atoms with Gasteiger partial charge in [-0.15, -0.1) is 11.3 Å². The second-order valence-electron chi connectivity index (χ2n) is 3.53. The molecule has 1 aromatic heterocycles. The zero-order valence-electron chi connectivity index (χ0n) is 9.42. The van der Waals surface area contributed by atoms with Crippen LogP contribution in [0.15, 0.2) is 10.5 Å². The predicted molar refractivity (Wildman–Crippen MR) is 72.8 cm³/mol. The summed E-state index contributed by atoms with van der Waals surface area (Å²) in [4.78, 5) is 2.47. The fraction of sp³-hybridized carbons (Fsp3) is 0.600. The Morgan fingerprint density at radius 1 is 1.50 bits per heavy atom. The molecule has 0 spiro atoms. The molecule has 92 valence electrons.